The van der Waals surface area contributed by atoms with Crippen molar-refractivity contribution in [2.75, 3.05) is 18.7 Å². The lowest BCUT2D eigenvalue weighted by atomic mass is 9.76. The molecule has 2 aliphatic heterocycles. The zero-order valence-electron chi connectivity index (χ0n) is 16.5. The smallest absolute Gasteiger partial charge is 0.343 e. The number of hydrogen-bond acceptors (Lipinski definition) is 6. The lowest BCUT2D eigenvalue weighted by molar-refractivity contribution is 0.0522. The molecule has 1 aromatic carbocycles. The number of carbonyl (C=O) groups is 1. The van der Waals surface area contributed by atoms with Gasteiger partial charge in [-0.2, -0.15) is 0 Å². The minimum atomic E-state index is -0.616. The minimum absolute atomic E-state index is 0.0198. The molecule has 7 nitrogen and oxygen atoms in total. The number of pyridine rings is 1. The van der Waals surface area contributed by atoms with Crippen molar-refractivity contribution in [2.24, 2.45) is 0 Å². The maximum atomic E-state index is 12.7. The van der Waals surface area contributed by atoms with E-state index >= 15 is 0 Å². The number of hydrogen-bond donors (Lipinski definition) is 1. The Kier molecular flexibility index (Phi) is 4.23. The summed E-state index contributed by atoms with van der Waals surface area (Å²) in [4.78, 5) is 24.9. The predicted molar refractivity (Wildman–Crippen MR) is 104 cm³/mol. The van der Waals surface area contributed by atoms with Crippen molar-refractivity contribution in [3.63, 3.8) is 0 Å². The molecule has 1 atom stereocenters. The van der Waals surface area contributed by atoms with Crippen LogP contribution in [0.3, 0.4) is 0 Å². The molecular formula is C21H24N2O5. The van der Waals surface area contributed by atoms with Crippen molar-refractivity contribution >= 4 is 5.97 Å². The molecular weight excluding hydrogens is 360 g/mol. The molecule has 1 aromatic heterocycles. The molecule has 7 heteroatoms. The number of esters is 1. The highest BCUT2D eigenvalue weighted by Crippen LogP contribution is 2.52. The quantitative estimate of drug-likeness (QED) is 0.817. The highest BCUT2D eigenvalue weighted by Gasteiger charge is 2.50. The van der Waals surface area contributed by atoms with E-state index in [1.54, 1.807) is 26.3 Å². The number of aromatic nitrogens is 1. The van der Waals surface area contributed by atoms with Gasteiger partial charge in [-0.25, -0.2) is 4.79 Å². The van der Waals surface area contributed by atoms with Crippen LogP contribution in [0.15, 0.2) is 29.2 Å². The average molecular weight is 384 g/mol. The van der Waals surface area contributed by atoms with Gasteiger partial charge in [-0.15, -0.1) is 0 Å². The first-order valence-electron chi connectivity index (χ1n) is 9.37. The van der Waals surface area contributed by atoms with Gasteiger partial charge < -0.3 is 14.6 Å². The number of fused-ring (bicyclic) bond motifs is 6. The lowest BCUT2D eigenvalue weighted by Gasteiger charge is -2.60. The van der Waals surface area contributed by atoms with Crippen LogP contribution < -0.4 is 10.4 Å². The Morgan fingerprint density at radius 2 is 2.07 bits per heavy atom. The van der Waals surface area contributed by atoms with Gasteiger partial charge >= 0.3 is 5.97 Å². The van der Waals surface area contributed by atoms with E-state index < -0.39 is 5.97 Å². The summed E-state index contributed by atoms with van der Waals surface area (Å²) >= 11 is 0. The molecule has 2 aromatic rings. The molecule has 3 heterocycles. The fourth-order valence-corrected chi connectivity index (χ4v) is 4.33. The molecule has 0 bridgehead atoms. The summed E-state index contributed by atoms with van der Waals surface area (Å²) in [6.45, 7) is 6.41. The van der Waals surface area contributed by atoms with E-state index in [-0.39, 0.29) is 41.5 Å². The number of aromatic hydroxyl groups is 1. The Morgan fingerprint density at radius 3 is 2.71 bits per heavy atom. The van der Waals surface area contributed by atoms with Crippen LogP contribution in [0, 0.1) is 0 Å². The SMILES string of the molecule is CCOC(=O)c1cn2c(cc1=O)-c1cc(COC)c(O)cc1C1CC(C)(C)N12. The largest absolute Gasteiger partial charge is 0.508 e. The fraction of sp³-hybridized carbons (Fsp3) is 0.429. The molecule has 2 aliphatic rings. The summed E-state index contributed by atoms with van der Waals surface area (Å²) < 4.78 is 12.1. The Bertz CT molecular complexity index is 1020. The highest BCUT2D eigenvalue weighted by molar-refractivity contribution is 5.89. The third kappa shape index (κ3) is 2.61. The minimum Gasteiger partial charge on any atom is -0.508 e. The van der Waals surface area contributed by atoms with Gasteiger partial charge in [0.15, 0.2) is 5.43 Å². The number of phenolic OH excluding ortho intramolecular Hbond substituents is 1. The molecule has 0 spiro atoms. The van der Waals surface area contributed by atoms with Crippen molar-refractivity contribution in [1.82, 2.24) is 4.68 Å². The van der Waals surface area contributed by atoms with E-state index in [4.69, 9.17) is 9.47 Å². The molecule has 4 rings (SSSR count). The van der Waals surface area contributed by atoms with Crippen molar-refractivity contribution in [3.8, 4) is 17.0 Å². The summed E-state index contributed by atoms with van der Waals surface area (Å²) in [5, 5.41) is 12.5. The first-order chi connectivity index (χ1) is 13.3. The Morgan fingerprint density at radius 1 is 1.32 bits per heavy atom. The Balaban J connectivity index is 1.95. The second kappa shape index (κ2) is 6.38. The van der Waals surface area contributed by atoms with Crippen molar-refractivity contribution in [2.45, 2.75) is 45.4 Å². The summed E-state index contributed by atoms with van der Waals surface area (Å²) in [5.74, 6) is -0.432. The Hall–Kier alpha value is -2.80. The lowest BCUT2D eigenvalue weighted by Crippen LogP contribution is -2.65. The average Bonchev–Trinajstić information content (AvgIpc) is 2.62. The standard InChI is InChI=1S/C21H24N2O5/c1-5-28-20(26)15-10-22-16(8-19(15)25)13-6-12(11-27-4)18(24)7-14(13)17-9-21(2,3)23(17)22/h6-8,10,17,24H,5,9,11H2,1-4H3. The van der Waals surface area contributed by atoms with E-state index in [2.05, 4.69) is 18.9 Å². The first-order valence-corrected chi connectivity index (χ1v) is 9.37. The number of carbonyl (C=O) groups excluding carboxylic acids is 1. The van der Waals surface area contributed by atoms with Crippen molar-refractivity contribution in [3.05, 3.63) is 51.3 Å². The van der Waals surface area contributed by atoms with Crippen molar-refractivity contribution in [1.29, 1.82) is 0 Å². The summed E-state index contributed by atoms with van der Waals surface area (Å²) in [7, 11) is 1.57. The molecule has 1 saturated heterocycles. The van der Waals surface area contributed by atoms with Gasteiger partial charge in [0.1, 0.15) is 11.3 Å². The van der Waals surface area contributed by atoms with Crippen LogP contribution in [-0.2, 0) is 16.1 Å². The van der Waals surface area contributed by atoms with Crippen LogP contribution in [0.4, 0.5) is 0 Å². The van der Waals surface area contributed by atoms with E-state index in [1.165, 1.54) is 6.07 Å². The van der Waals surface area contributed by atoms with Crippen LogP contribution in [0.1, 0.15) is 54.7 Å². The molecule has 0 aliphatic carbocycles. The van der Waals surface area contributed by atoms with Gasteiger partial charge in [-0.1, -0.05) is 0 Å². The zero-order valence-corrected chi connectivity index (χ0v) is 16.5. The molecule has 148 valence electrons. The predicted octanol–water partition coefficient (Wildman–Crippen LogP) is 2.72. The number of benzene rings is 1. The Labute approximate surface area is 163 Å². The zero-order chi connectivity index (χ0) is 20.2. The number of methoxy groups -OCH3 is 1. The third-order valence-corrected chi connectivity index (χ3v) is 5.55. The maximum Gasteiger partial charge on any atom is 0.343 e. The van der Waals surface area contributed by atoms with E-state index in [9.17, 15) is 14.7 Å². The van der Waals surface area contributed by atoms with Crippen molar-refractivity contribution < 1.29 is 19.4 Å². The second-order valence-electron chi connectivity index (χ2n) is 7.88. The van der Waals surface area contributed by atoms with Crippen LogP contribution >= 0.6 is 0 Å². The van der Waals surface area contributed by atoms with Gasteiger partial charge in [0.25, 0.3) is 0 Å². The van der Waals surface area contributed by atoms with Gasteiger partial charge in [-0.05, 0) is 44.9 Å². The van der Waals surface area contributed by atoms with Gasteiger partial charge in [0.2, 0.25) is 0 Å². The van der Waals surface area contributed by atoms with Gasteiger partial charge in [0.05, 0.1) is 30.5 Å². The van der Waals surface area contributed by atoms with Crippen LogP contribution in [0.2, 0.25) is 0 Å². The summed E-state index contributed by atoms with van der Waals surface area (Å²) in [6.07, 6.45) is 2.47. The van der Waals surface area contributed by atoms with Gasteiger partial charge in [-0.3, -0.25) is 14.5 Å². The highest BCUT2D eigenvalue weighted by atomic mass is 16.5. The summed E-state index contributed by atoms with van der Waals surface area (Å²) in [6, 6.07) is 5.16. The third-order valence-electron chi connectivity index (χ3n) is 5.55. The second-order valence-corrected chi connectivity index (χ2v) is 7.88. The molecule has 0 saturated carbocycles. The molecule has 28 heavy (non-hydrogen) atoms. The fourth-order valence-electron chi connectivity index (χ4n) is 4.33. The van der Waals surface area contributed by atoms with Crippen LogP contribution in [-0.4, -0.2) is 35.0 Å². The van der Waals surface area contributed by atoms with Crippen LogP contribution in [0.25, 0.3) is 11.3 Å². The number of ether oxygens (including phenoxy) is 2. The van der Waals surface area contributed by atoms with E-state index in [0.717, 1.165) is 17.5 Å². The molecule has 0 radical (unpaired) electrons. The number of rotatable bonds is 4. The molecule has 1 N–H and O–H groups in total. The summed E-state index contributed by atoms with van der Waals surface area (Å²) in [5.41, 5.74) is 2.67. The molecule has 0 amide bonds. The maximum absolute atomic E-state index is 12.7. The first kappa shape index (κ1) is 18.6. The van der Waals surface area contributed by atoms with Gasteiger partial charge in [0, 0.05) is 30.5 Å². The van der Waals surface area contributed by atoms with E-state index in [1.807, 2.05) is 10.7 Å². The molecule has 1 fully saturated rings. The monoisotopic (exact) mass is 384 g/mol. The molecule has 1 unspecified atom stereocenters. The number of nitrogens with zero attached hydrogens (tertiary/aromatic N) is 2. The van der Waals surface area contributed by atoms with Crippen LogP contribution in [0.5, 0.6) is 5.75 Å². The van der Waals surface area contributed by atoms with E-state index in [0.29, 0.717) is 11.3 Å². The number of phenols is 1. The topological polar surface area (TPSA) is 81.0 Å². The normalized spacial score (nSPS) is 18.6.